The van der Waals surface area contributed by atoms with E-state index < -0.39 is 11.1 Å². The number of nitrogens with zero attached hydrogens (tertiary/aromatic N) is 2. The summed E-state index contributed by atoms with van der Waals surface area (Å²) in [5.74, 6) is 0.163. The molecule has 1 aromatic carbocycles. The van der Waals surface area contributed by atoms with Crippen molar-refractivity contribution in [2.45, 2.75) is 64.3 Å². The molecule has 0 saturated heterocycles. The molecule has 0 fully saturated rings. The second kappa shape index (κ2) is 12.2. The Hall–Kier alpha value is -1.44. The highest BCUT2D eigenvalue weighted by atomic mass is 32.2. The lowest BCUT2D eigenvalue weighted by Crippen LogP contribution is -2.40. The van der Waals surface area contributed by atoms with Crippen molar-refractivity contribution >= 4 is 17.3 Å². The average molecular weight is 411 g/mol. The van der Waals surface area contributed by atoms with E-state index in [1.807, 2.05) is 6.07 Å². The van der Waals surface area contributed by atoms with Gasteiger partial charge >= 0.3 is 0 Å². The number of hydrogen-bond acceptors (Lipinski definition) is 5. The van der Waals surface area contributed by atoms with Crippen LogP contribution in [-0.4, -0.2) is 61.5 Å². The minimum Gasteiger partial charge on any atom is -0.504 e. The zero-order valence-electron chi connectivity index (χ0n) is 16.8. The minimum absolute atomic E-state index is 0.0171. The van der Waals surface area contributed by atoms with Gasteiger partial charge in [0.05, 0.1) is 5.75 Å². The van der Waals surface area contributed by atoms with Crippen molar-refractivity contribution in [3.8, 4) is 11.5 Å². The molecule has 7 heteroatoms. The van der Waals surface area contributed by atoms with Crippen LogP contribution in [-0.2, 0) is 23.9 Å². The van der Waals surface area contributed by atoms with Crippen LogP contribution in [0.25, 0.3) is 0 Å². The van der Waals surface area contributed by atoms with E-state index in [0.29, 0.717) is 6.04 Å². The van der Waals surface area contributed by atoms with Crippen molar-refractivity contribution in [3.63, 3.8) is 0 Å². The maximum Gasteiger partial charge on any atom is 0.160 e. The Morgan fingerprint density at radius 2 is 2.00 bits per heavy atom. The molecule has 1 aliphatic carbocycles. The predicted molar refractivity (Wildman–Crippen MR) is 115 cm³/mol. The lowest BCUT2D eigenvalue weighted by atomic mass is 9.86. The topological polar surface area (TPSA) is 93.4 Å². The molecular weight excluding hydrogens is 376 g/mol. The van der Waals surface area contributed by atoms with Gasteiger partial charge in [0.15, 0.2) is 22.6 Å². The van der Waals surface area contributed by atoms with E-state index in [9.17, 15) is 14.4 Å². The van der Waals surface area contributed by atoms with Crippen molar-refractivity contribution in [2.75, 3.05) is 25.4 Å². The SMILES string of the molecule is CCCN(CCCCCCN=CCS(=O)O)C1CCc2c(ccc(O)c2O)C1. The Kier molecular flexibility index (Phi) is 9.95. The molecule has 0 aromatic heterocycles. The van der Waals surface area contributed by atoms with Crippen LogP contribution < -0.4 is 0 Å². The van der Waals surface area contributed by atoms with Gasteiger partial charge in [0.2, 0.25) is 0 Å². The second-order valence-corrected chi connectivity index (χ2v) is 8.47. The number of hydrogen-bond donors (Lipinski definition) is 3. The van der Waals surface area contributed by atoms with Crippen molar-refractivity contribution in [2.24, 2.45) is 4.99 Å². The fourth-order valence-electron chi connectivity index (χ4n) is 3.96. The third-order valence-electron chi connectivity index (χ3n) is 5.40. The van der Waals surface area contributed by atoms with E-state index in [4.69, 9.17) is 4.55 Å². The number of benzene rings is 1. The van der Waals surface area contributed by atoms with Gasteiger partial charge in [0.1, 0.15) is 0 Å². The summed E-state index contributed by atoms with van der Waals surface area (Å²) in [6.45, 7) is 5.12. The van der Waals surface area contributed by atoms with Crippen LogP contribution in [0.5, 0.6) is 11.5 Å². The van der Waals surface area contributed by atoms with Gasteiger partial charge in [-0.05, 0) is 63.2 Å². The van der Waals surface area contributed by atoms with Crippen molar-refractivity contribution in [3.05, 3.63) is 23.3 Å². The van der Waals surface area contributed by atoms with Crippen molar-refractivity contribution in [1.29, 1.82) is 0 Å². The average Bonchev–Trinajstić information content (AvgIpc) is 2.68. The standard InChI is InChI=1S/C21H34N2O4S/c1-2-13-23(14-6-4-3-5-11-22-12-15-28(26)27)18-8-9-19-17(16-18)7-10-20(24)21(19)25/h7,10,12,18,24-25H,2-6,8-9,11,13-16H2,1H3,(H,26,27). The molecule has 0 radical (unpaired) electrons. The fourth-order valence-corrected chi connectivity index (χ4v) is 4.19. The largest absolute Gasteiger partial charge is 0.504 e. The van der Waals surface area contributed by atoms with Crippen LogP contribution in [0.4, 0.5) is 0 Å². The Morgan fingerprint density at radius 1 is 1.21 bits per heavy atom. The summed E-state index contributed by atoms with van der Waals surface area (Å²) in [6, 6.07) is 4.05. The first-order valence-corrected chi connectivity index (χ1v) is 11.6. The first-order valence-electron chi connectivity index (χ1n) is 10.3. The van der Waals surface area contributed by atoms with Crippen LogP contribution in [0.15, 0.2) is 17.1 Å². The molecule has 0 aliphatic heterocycles. The number of aromatic hydroxyl groups is 2. The van der Waals surface area contributed by atoms with E-state index in [0.717, 1.165) is 75.7 Å². The number of phenolic OH excluding ortho intramolecular Hbond substituents is 2. The molecule has 0 saturated carbocycles. The summed E-state index contributed by atoms with van der Waals surface area (Å²) < 4.78 is 19.2. The molecule has 6 nitrogen and oxygen atoms in total. The highest BCUT2D eigenvalue weighted by Crippen LogP contribution is 2.36. The zero-order valence-corrected chi connectivity index (χ0v) is 17.7. The summed E-state index contributed by atoms with van der Waals surface area (Å²) in [5, 5.41) is 19.8. The predicted octanol–water partition coefficient (Wildman–Crippen LogP) is 3.52. The number of aliphatic imine (C=N–C) groups is 1. The smallest absolute Gasteiger partial charge is 0.160 e. The third-order valence-corrected chi connectivity index (χ3v) is 5.83. The van der Waals surface area contributed by atoms with Crippen molar-refractivity contribution < 1.29 is 19.0 Å². The molecule has 2 rings (SSSR count). The summed E-state index contributed by atoms with van der Waals surface area (Å²) in [7, 11) is 0. The van der Waals surface area contributed by atoms with Crippen LogP contribution in [0.3, 0.4) is 0 Å². The van der Waals surface area contributed by atoms with E-state index in [2.05, 4.69) is 16.8 Å². The molecular formula is C21H34N2O4S. The molecule has 1 aromatic rings. The number of unbranched alkanes of at least 4 members (excludes halogenated alkanes) is 3. The van der Waals surface area contributed by atoms with Crippen LogP contribution in [0.1, 0.15) is 56.6 Å². The third kappa shape index (κ3) is 7.18. The molecule has 0 bridgehead atoms. The van der Waals surface area contributed by atoms with Gasteiger partial charge in [-0.1, -0.05) is 25.8 Å². The van der Waals surface area contributed by atoms with Crippen LogP contribution in [0, 0.1) is 0 Å². The molecule has 2 unspecified atom stereocenters. The lowest BCUT2D eigenvalue weighted by Gasteiger charge is -2.35. The first kappa shape index (κ1) is 22.8. The second-order valence-electron chi connectivity index (χ2n) is 7.49. The van der Waals surface area contributed by atoms with Gasteiger partial charge in [0, 0.05) is 24.4 Å². The highest BCUT2D eigenvalue weighted by molar-refractivity contribution is 7.79. The quantitative estimate of drug-likeness (QED) is 0.212. The molecule has 1 aliphatic rings. The fraction of sp³-hybridized carbons (Fsp3) is 0.667. The maximum atomic E-state index is 10.5. The van der Waals surface area contributed by atoms with E-state index in [1.54, 1.807) is 6.07 Å². The molecule has 2 atom stereocenters. The van der Waals surface area contributed by atoms with Crippen LogP contribution >= 0.6 is 0 Å². The Bertz CT molecular complexity index is 666. The summed E-state index contributed by atoms with van der Waals surface area (Å²) in [6.07, 6.45) is 9.91. The summed E-state index contributed by atoms with van der Waals surface area (Å²) in [5.41, 5.74) is 2.08. The molecule has 0 spiro atoms. The van der Waals surface area contributed by atoms with E-state index in [1.165, 1.54) is 12.6 Å². The molecule has 0 amide bonds. The molecule has 0 heterocycles. The zero-order chi connectivity index (χ0) is 20.4. The monoisotopic (exact) mass is 410 g/mol. The minimum atomic E-state index is -1.78. The van der Waals surface area contributed by atoms with Crippen LogP contribution in [0.2, 0.25) is 0 Å². The van der Waals surface area contributed by atoms with E-state index >= 15 is 0 Å². The van der Waals surface area contributed by atoms with Gasteiger partial charge < -0.3 is 19.7 Å². The Morgan fingerprint density at radius 3 is 2.75 bits per heavy atom. The highest BCUT2D eigenvalue weighted by Gasteiger charge is 2.26. The van der Waals surface area contributed by atoms with Gasteiger partial charge in [-0.15, -0.1) is 0 Å². The summed E-state index contributed by atoms with van der Waals surface area (Å²) in [4.78, 5) is 6.74. The molecule has 158 valence electrons. The van der Waals surface area contributed by atoms with Gasteiger partial charge in [0.25, 0.3) is 0 Å². The number of fused-ring (bicyclic) bond motifs is 1. The molecule has 3 N–H and O–H groups in total. The van der Waals surface area contributed by atoms with Crippen molar-refractivity contribution in [1.82, 2.24) is 4.90 Å². The van der Waals surface area contributed by atoms with E-state index in [-0.39, 0.29) is 17.3 Å². The van der Waals surface area contributed by atoms with Gasteiger partial charge in [-0.25, -0.2) is 4.21 Å². The summed E-state index contributed by atoms with van der Waals surface area (Å²) >= 11 is -1.78. The molecule has 28 heavy (non-hydrogen) atoms. The van der Waals surface area contributed by atoms with Gasteiger partial charge in [-0.2, -0.15) is 0 Å². The number of phenols is 2. The Labute approximate surface area is 171 Å². The van der Waals surface area contributed by atoms with Gasteiger partial charge in [-0.3, -0.25) is 4.99 Å². The number of rotatable bonds is 12. The Balaban J connectivity index is 1.74. The normalized spacial score (nSPS) is 17.9. The lowest BCUT2D eigenvalue weighted by molar-refractivity contribution is 0.175. The maximum absolute atomic E-state index is 10.5. The first-order chi connectivity index (χ1) is 13.5.